The van der Waals surface area contributed by atoms with Gasteiger partial charge < -0.3 is 9.88 Å². The number of nitro benzene ring substituents is 1. The molecule has 0 radical (unpaired) electrons. The molecule has 1 aromatic heterocycles. The van der Waals surface area contributed by atoms with Crippen LogP contribution in [0.25, 0.3) is 10.9 Å². The highest BCUT2D eigenvalue weighted by atomic mass is 16.6. The third-order valence-electron chi connectivity index (χ3n) is 5.13. The van der Waals surface area contributed by atoms with E-state index in [1.807, 2.05) is 31.2 Å². The summed E-state index contributed by atoms with van der Waals surface area (Å²) in [5, 5.41) is 11.8. The molecule has 0 bridgehead atoms. The van der Waals surface area contributed by atoms with Gasteiger partial charge in [0.2, 0.25) is 0 Å². The summed E-state index contributed by atoms with van der Waals surface area (Å²) in [6.07, 6.45) is 0. The van der Waals surface area contributed by atoms with Gasteiger partial charge in [0.25, 0.3) is 17.2 Å². The molecule has 0 spiro atoms. The standard InChI is InChI=1S/C24H19N3O4/c1-16-6-5-7-18-14-19(23(28)25-22(16)18)15-26(20-8-3-2-4-9-20)24(29)17-10-12-21(13-11-17)27(30)31/h2-14H,15H2,1H3,(H,25,28). The Labute approximate surface area is 177 Å². The topological polar surface area (TPSA) is 96.3 Å². The number of anilines is 1. The van der Waals surface area contributed by atoms with E-state index in [0.717, 1.165) is 16.5 Å². The van der Waals surface area contributed by atoms with Crippen LogP contribution in [0, 0.1) is 17.0 Å². The van der Waals surface area contributed by atoms with E-state index in [0.29, 0.717) is 16.8 Å². The third-order valence-corrected chi connectivity index (χ3v) is 5.13. The Morgan fingerprint density at radius 2 is 1.71 bits per heavy atom. The highest BCUT2D eigenvalue weighted by Crippen LogP contribution is 2.22. The van der Waals surface area contributed by atoms with Crippen LogP contribution in [0.2, 0.25) is 0 Å². The maximum Gasteiger partial charge on any atom is 0.269 e. The number of hydrogen-bond donors (Lipinski definition) is 1. The summed E-state index contributed by atoms with van der Waals surface area (Å²) in [7, 11) is 0. The number of benzene rings is 3. The number of nitro groups is 1. The second kappa shape index (κ2) is 8.23. The van der Waals surface area contributed by atoms with Crippen molar-refractivity contribution in [3.8, 4) is 0 Å². The summed E-state index contributed by atoms with van der Waals surface area (Å²) in [6, 6.07) is 22.0. The van der Waals surface area contributed by atoms with Crippen LogP contribution in [0.3, 0.4) is 0 Å². The smallest absolute Gasteiger partial charge is 0.269 e. The quantitative estimate of drug-likeness (QED) is 0.382. The van der Waals surface area contributed by atoms with Gasteiger partial charge in [-0.25, -0.2) is 0 Å². The Hall–Kier alpha value is -4.26. The Bertz CT molecular complexity index is 1330. The molecule has 0 unspecified atom stereocenters. The van der Waals surface area contributed by atoms with Crippen LogP contribution in [-0.2, 0) is 6.54 Å². The van der Waals surface area contributed by atoms with Crippen LogP contribution < -0.4 is 10.5 Å². The number of carbonyl (C=O) groups excluding carboxylic acids is 1. The number of H-pyrrole nitrogens is 1. The molecule has 0 saturated heterocycles. The van der Waals surface area contributed by atoms with Crippen molar-refractivity contribution in [3.63, 3.8) is 0 Å². The normalized spacial score (nSPS) is 10.7. The van der Waals surface area contributed by atoms with Crippen LogP contribution in [-0.4, -0.2) is 15.8 Å². The highest BCUT2D eigenvalue weighted by molar-refractivity contribution is 6.06. The SMILES string of the molecule is Cc1cccc2cc(CN(C(=O)c3ccc([N+](=O)[O-])cc3)c3ccccc3)c(=O)[nH]c12. The fourth-order valence-electron chi connectivity index (χ4n) is 3.49. The molecule has 0 fully saturated rings. The van der Waals surface area contributed by atoms with Gasteiger partial charge in [0, 0.05) is 28.9 Å². The van der Waals surface area contributed by atoms with Gasteiger partial charge in [-0.15, -0.1) is 0 Å². The molecule has 0 aliphatic heterocycles. The van der Waals surface area contributed by atoms with Gasteiger partial charge >= 0.3 is 0 Å². The van der Waals surface area contributed by atoms with Crippen molar-refractivity contribution >= 4 is 28.2 Å². The average Bonchev–Trinajstić information content (AvgIpc) is 2.78. The van der Waals surface area contributed by atoms with E-state index in [-0.39, 0.29) is 23.7 Å². The van der Waals surface area contributed by atoms with Crippen molar-refractivity contribution in [1.29, 1.82) is 0 Å². The first-order valence-corrected chi connectivity index (χ1v) is 9.67. The fraction of sp³-hybridized carbons (Fsp3) is 0.0833. The number of fused-ring (bicyclic) bond motifs is 1. The molecule has 31 heavy (non-hydrogen) atoms. The van der Waals surface area contributed by atoms with Crippen molar-refractivity contribution in [2.24, 2.45) is 0 Å². The lowest BCUT2D eigenvalue weighted by Crippen LogP contribution is -2.32. The van der Waals surface area contributed by atoms with E-state index in [1.54, 1.807) is 30.3 Å². The Morgan fingerprint density at radius 1 is 1.00 bits per heavy atom. The lowest BCUT2D eigenvalue weighted by molar-refractivity contribution is -0.384. The van der Waals surface area contributed by atoms with E-state index in [4.69, 9.17) is 0 Å². The molecule has 154 valence electrons. The molecule has 3 aromatic carbocycles. The second-order valence-corrected chi connectivity index (χ2v) is 7.19. The van der Waals surface area contributed by atoms with E-state index in [9.17, 15) is 19.7 Å². The van der Waals surface area contributed by atoms with Crippen LogP contribution in [0.1, 0.15) is 21.5 Å². The predicted octanol–water partition coefficient (Wildman–Crippen LogP) is 4.59. The Morgan fingerprint density at radius 3 is 2.39 bits per heavy atom. The average molecular weight is 413 g/mol. The molecule has 1 heterocycles. The fourth-order valence-corrected chi connectivity index (χ4v) is 3.49. The van der Waals surface area contributed by atoms with Gasteiger partial charge in [0.05, 0.1) is 17.0 Å². The zero-order chi connectivity index (χ0) is 22.0. The number of hydrogen-bond acceptors (Lipinski definition) is 4. The number of aromatic amines is 1. The minimum absolute atomic E-state index is 0.0546. The van der Waals surface area contributed by atoms with Crippen molar-refractivity contribution in [3.05, 3.63) is 116 Å². The number of rotatable bonds is 5. The van der Waals surface area contributed by atoms with Crippen LogP contribution in [0.15, 0.2) is 83.7 Å². The maximum atomic E-state index is 13.3. The van der Waals surface area contributed by atoms with Crippen LogP contribution >= 0.6 is 0 Å². The summed E-state index contributed by atoms with van der Waals surface area (Å²) < 4.78 is 0. The van der Waals surface area contributed by atoms with Gasteiger partial charge in [-0.2, -0.15) is 0 Å². The molecule has 7 heteroatoms. The number of nitrogens with one attached hydrogen (secondary N) is 1. The first kappa shape index (κ1) is 20.0. The number of nitrogens with zero attached hydrogens (tertiary/aromatic N) is 2. The van der Waals surface area contributed by atoms with Crippen molar-refractivity contribution < 1.29 is 9.72 Å². The molecule has 4 aromatic rings. The molecular formula is C24H19N3O4. The zero-order valence-electron chi connectivity index (χ0n) is 16.7. The van der Waals surface area contributed by atoms with E-state index in [1.165, 1.54) is 29.2 Å². The Kier molecular flexibility index (Phi) is 5.32. The zero-order valence-corrected chi connectivity index (χ0v) is 16.7. The molecule has 1 N–H and O–H groups in total. The number of pyridine rings is 1. The first-order chi connectivity index (χ1) is 14.9. The van der Waals surface area contributed by atoms with E-state index < -0.39 is 4.92 Å². The predicted molar refractivity (Wildman–Crippen MR) is 119 cm³/mol. The van der Waals surface area contributed by atoms with E-state index >= 15 is 0 Å². The van der Waals surface area contributed by atoms with Crippen molar-refractivity contribution in [2.75, 3.05) is 4.90 Å². The maximum absolute atomic E-state index is 13.3. The molecule has 0 atom stereocenters. The molecule has 4 rings (SSSR count). The number of aromatic nitrogens is 1. The summed E-state index contributed by atoms with van der Waals surface area (Å²) in [5.41, 5.74) is 2.73. The molecule has 0 aliphatic carbocycles. The lowest BCUT2D eigenvalue weighted by Gasteiger charge is -2.23. The third kappa shape index (κ3) is 4.06. The van der Waals surface area contributed by atoms with Gasteiger partial charge in [-0.3, -0.25) is 19.7 Å². The van der Waals surface area contributed by atoms with E-state index in [2.05, 4.69) is 4.98 Å². The summed E-state index contributed by atoms with van der Waals surface area (Å²) in [6.45, 7) is 1.98. The van der Waals surface area contributed by atoms with Gasteiger partial charge in [-0.05, 0) is 48.2 Å². The first-order valence-electron chi connectivity index (χ1n) is 9.67. The largest absolute Gasteiger partial charge is 0.321 e. The van der Waals surface area contributed by atoms with Crippen molar-refractivity contribution in [2.45, 2.75) is 13.5 Å². The number of carbonyl (C=O) groups is 1. The molecule has 0 saturated carbocycles. The van der Waals surface area contributed by atoms with Gasteiger partial charge in [0.15, 0.2) is 0 Å². The number of non-ortho nitro benzene ring substituents is 1. The molecule has 7 nitrogen and oxygen atoms in total. The summed E-state index contributed by atoms with van der Waals surface area (Å²) >= 11 is 0. The molecule has 0 aliphatic rings. The minimum Gasteiger partial charge on any atom is -0.321 e. The number of aryl methyl sites for hydroxylation is 1. The van der Waals surface area contributed by atoms with Crippen LogP contribution in [0.5, 0.6) is 0 Å². The van der Waals surface area contributed by atoms with Gasteiger partial charge in [0.1, 0.15) is 0 Å². The number of para-hydroxylation sites is 2. The molecule has 1 amide bonds. The van der Waals surface area contributed by atoms with Gasteiger partial charge in [-0.1, -0.05) is 36.4 Å². The monoisotopic (exact) mass is 413 g/mol. The highest BCUT2D eigenvalue weighted by Gasteiger charge is 2.20. The summed E-state index contributed by atoms with van der Waals surface area (Å²) in [5.74, 6) is -0.357. The molecular weight excluding hydrogens is 394 g/mol. The lowest BCUT2D eigenvalue weighted by atomic mass is 10.1. The summed E-state index contributed by atoms with van der Waals surface area (Å²) in [4.78, 5) is 40.9. The Balaban J connectivity index is 1.75. The van der Waals surface area contributed by atoms with Crippen molar-refractivity contribution in [1.82, 2.24) is 4.98 Å². The minimum atomic E-state index is -0.514. The van der Waals surface area contributed by atoms with Crippen LogP contribution in [0.4, 0.5) is 11.4 Å². The second-order valence-electron chi connectivity index (χ2n) is 7.19. The number of amides is 1.